The van der Waals surface area contributed by atoms with Crippen LogP contribution in [-0.2, 0) is 15.7 Å². The molecule has 1 amide bonds. The van der Waals surface area contributed by atoms with Crippen molar-refractivity contribution in [2.45, 2.75) is 44.7 Å². The van der Waals surface area contributed by atoms with Gasteiger partial charge in [0.2, 0.25) is 0 Å². The number of ether oxygens (including phenoxy) is 2. The first-order chi connectivity index (χ1) is 11.0. The average molecular weight is 368 g/mol. The number of carbonyl (C=O) groups excluding carboxylic acids is 1. The number of hydrogen-bond acceptors (Lipinski definition) is 6. The highest BCUT2D eigenvalue weighted by Gasteiger charge is 2.39. The summed E-state index contributed by atoms with van der Waals surface area (Å²) < 4.78 is 48.5. The SMILES string of the molecule is CC(C)(C)OC(=O)N1CCOCC1C(O)c1cnc(C(F)(F)F)s1. The van der Waals surface area contributed by atoms with Gasteiger partial charge in [-0.2, -0.15) is 13.2 Å². The molecule has 1 aliphatic heterocycles. The predicted octanol–water partition coefficient (Wildman–Crippen LogP) is 2.83. The first-order valence-corrected chi connectivity index (χ1v) is 8.09. The van der Waals surface area contributed by atoms with Gasteiger partial charge < -0.3 is 14.6 Å². The van der Waals surface area contributed by atoms with E-state index in [9.17, 15) is 23.1 Å². The number of carbonyl (C=O) groups is 1. The molecule has 10 heteroatoms. The van der Waals surface area contributed by atoms with Gasteiger partial charge in [-0.15, -0.1) is 11.3 Å². The summed E-state index contributed by atoms with van der Waals surface area (Å²) in [5.74, 6) is 0. The van der Waals surface area contributed by atoms with Crippen molar-refractivity contribution in [3.05, 3.63) is 16.1 Å². The number of aliphatic hydroxyl groups is 1. The van der Waals surface area contributed by atoms with Gasteiger partial charge in [0.15, 0.2) is 5.01 Å². The van der Waals surface area contributed by atoms with E-state index in [0.29, 0.717) is 11.3 Å². The number of alkyl halides is 3. The molecule has 2 heterocycles. The summed E-state index contributed by atoms with van der Waals surface area (Å²) in [6.45, 7) is 5.56. The molecule has 0 saturated carbocycles. The third kappa shape index (κ3) is 4.58. The van der Waals surface area contributed by atoms with Crippen LogP contribution in [0.3, 0.4) is 0 Å². The Morgan fingerprint density at radius 2 is 2.17 bits per heavy atom. The summed E-state index contributed by atoms with van der Waals surface area (Å²) >= 11 is 0.348. The van der Waals surface area contributed by atoms with Crippen LogP contribution in [0.2, 0.25) is 0 Å². The third-order valence-corrected chi connectivity index (χ3v) is 4.33. The van der Waals surface area contributed by atoms with Gasteiger partial charge in [0.05, 0.1) is 24.1 Å². The maximum absolute atomic E-state index is 12.7. The Labute approximate surface area is 141 Å². The minimum Gasteiger partial charge on any atom is -0.444 e. The molecule has 6 nitrogen and oxygen atoms in total. The lowest BCUT2D eigenvalue weighted by molar-refractivity contribution is -0.137. The minimum absolute atomic E-state index is 0.000337. The molecule has 0 aromatic carbocycles. The van der Waals surface area contributed by atoms with Gasteiger partial charge in [0.1, 0.15) is 11.7 Å². The van der Waals surface area contributed by atoms with Crippen LogP contribution < -0.4 is 0 Å². The van der Waals surface area contributed by atoms with E-state index in [1.54, 1.807) is 20.8 Å². The highest BCUT2D eigenvalue weighted by molar-refractivity contribution is 7.11. The van der Waals surface area contributed by atoms with Crippen LogP contribution >= 0.6 is 11.3 Å². The van der Waals surface area contributed by atoms with Gasteiger partial charge in [-0.1, -0.05) is 0 Å². The van der Waals surface area contributed by atoms with Crippen LogP contribution in [-0.4, -0.2) is 52.5 Å². The number of halogens is 3. The first kappa shape index (κ1) is 18.9. The van der Waals surface area contributed by atoms with Crippen molar-refractivity contribution in [1.29, 1.82) is 0 Å². The monoisotopic (exact) mass is 368 g/mol. The Kier molecular flexibility index (Phi) is 5.41. The molecule has 1 aromatic heterocycles. The fraction of sp³-hybridized carbons (Fsp3) is 0.714. The lowest BCUT2D eigenvalue weighted by Crippen LogP contribution is -2.52. The minimum atomic E-state index is -4.57. The quantitative estimate of drug-likeness (QED) is 0.869. The van der Waals surface area contributed by atoms with Crippen LogP contribution in [0.1, 0.15) is 36.8 Å². The number of aromatic nitrogens is 1. The Balaban J connectivity index is 2.17. The van der Waals surface area contributed by atoms with E-state index in [0.717, 1.165) is 6.20 Å². The second-order valence-electron chi connectivity index (χ2n) is 6.33. The molecule has 0 aliphatic carbocycles. The molecule has 1 aromatic rings. The van der Waals surface area contributed by atoms with E-state index in [1.165, 1.54) is 4.90 Å². The van der Waals surface area contributed by atoms with Gasteiger partial charge in [0.25, 0.3) is 0 Å². The summed E-state index contributed by atoms with van der Waals surface area (Å²) in [6.07, 6.45) is -5.59. The number of hydrogen-bond donors (Lipinski definition) is 1. The largest absolute Gasteiger partial charge is 0.444 e. The first-order valence-electron chi connectivity index (χ1n) is 7.27. The van der Waals surface area contributed by atoms with Crippen molar-refractivity contribution >= 4 is 17.4 Å². The fourth-order valence-electron chi connectivity index (χ4n) is 2.18. The molecular weight excluding hydrogens is 349 g/mol. The van der Waals surface area contributed by atoms with Crippen LogP contribution in [0.15, 0.2) is 6.20 Å². The topological polar surface area (TPSA) is 71.9 Å². The zero-order valence-corrected chi connectivity index (χ0v) is 14.3. The second-order valence-corrected chi connectivity index (χ2v) is 7.39. The molecule has 0 bridgehead atoms. The lowest BCUT2D eigenvalue weighted by atomic mass is 10.1. The van der Waals surface area contributed by atoms with Crippen molar-refractivity contribution in [3.63, 3.8) is 0 Å². The average Bonchev–Trinajstić information content (AvgIpc) is 2.94. The maximum atomic E-state index is 12.7. The molecule has 1 aliphatic rings. The molecule has 1 N–H and O–H groups in total. The van der Waals surface area contributed by atoms with E-state index < -0.39 is 35.0 Å². The summed E-state index contributed by atoms with van der Waals surface area (Å²) in [7, 11) is 0. The molecule has 0 spiro atoms. The Morgan fingerprint density at radius 3 is 2.71 bits per heavy atom. The van der Waals surface area contributed by atoms with Crippen molar-refractivity contribution in [2.24, 2.45) is 0 Å². The Morgan fingerprint density at radius 1 is 1.50 bits per heavy atom. The van der Waals surface area contributed by atoms with E-state index >= 15 is 0 Å². The number of nitrogens with zero attached hydrogens (tertiary/aromatic N) is 2. The van der Waals surface area contributed by atoms with Gasteiger partial charge in [-0.05, 0) is 20.8 Å². The van der Waals surface area contributed by atoms with E-state index in [2.05, 4.69) is 4.98 Å². The normalized spacial score (nSPS) is 20.8. The lowest BCUT2D eigenvalue weighted by Gasteiger charge is -2.38. The van der Waals surface area contributed by atoms with E-state index in [4.69, 9.17) is 9.47 Å². The van der Waals surface area contributed by atoms with Crippen molar-refractivity contribution < 1.29 is 32.5 Å². The van der Waals surface area contributed by atoms with Gasteiger partial charge in [-0.25, -0.2) is 9.78 Å². The standard InChI is InChI=1S/C14H19F3N2O4S/c1-13(2,3)23-12(21)19-4-5-22-7-8(19)10(20)9-6-18-11(24-9)14(15,16)17/h6,8,10,20H,4-5,7H2,1-3H3. The second kappa shape index (κ2) is 6.85. The van der Waals surface area contributed by atoms with Gasteiger partial charge >= 0.3 is 12.3 Å². The highest BCUT2D eigenvalue weighted by Crippen LogP contribution is 2.36. The summed E-state index contributed by atoms with van der Waals surface area (Å²) in [4.78, 5) is 16.9. The van der Waals surface area contributed by atoms with Crippen molar-refractivity contribution in [2.75, 3.05) is 19.8 Å². The van der Waals surface area contributed by atoms with Crippen LogP contribution in [0.25, 0.3) is 0 Å². The summed E-state index contributed by atoms with van der Waals surface area (Å²) in [5, 5.41) is 9.37. The number of thiazole rings is 1. The van der Waals surface area contributed by atoms with Crippen LogP contribution in [0.4, 0.5) is 18.0 Å². The molecule has 136 valence electrons. The molecule has 0 radical (unpaired) electrons. The molecule has 1 saturated heterocycles. The number of amides is 1. The van der Waals surface area contributed by atoms with E-state index in [-0.39, 0.29) is 24.6 Å². The smallest absolute Gasteiger partial charge is 0.443 e. The zero-order valence-electron chi connectivity index (χ0n) is 13.5. The van der Waals surface area contributed by atoms with Crippen molar-refractivity contribution in [1.82, 2.24) is 9.88 Å². The Hall–Kier alpha value is -1.39. The predicted molar refractivity (Wildman–Crippen MR) is 79.6 cm³/mol. The number of morpholine rings is 1. The van der Waals surface area contributed by atoms with Crippen LogP contribution in [0, 0.1) is 0 Å². The molecule has 2 atom stereocenters. The molecule has 1 fully saturated rings. The highest BCUT2D eigenvalue weighted by atomic mass is 32.1. The van der Waals surface area contributed by atoms with Crippen molar-refractivity contribution in [3.8, 4) is 0 Å². The Bertz CT molecular complexity index is 585. The fourth-order valence-corrected chi connectivity index (χ4v) is 3.00. The number of aliphatic hydroxyl groups excluding tert-OH is 1. The number of rotatable bonds is 2. The summed E-state index contributed by atoms with van der Waals surface area (Å²) in [6, 6.07) is -0.838. The third-order valence-electron chi connectivity index (χ3n) is 3.22. The van der Waals surface area contributed by atoms with Crippen LogP contribution in [0.5, 0.6) is 0 Å². The van der Waals surface area contributed by atoms with Gasteiger partial charge in [0, 0.05) is 12.7 Å². The maximum Gasteiger partial charge on any atom is 0.443 e. The van der Waals surface area contributed by atoms with E-state index in [1.807, 2.05) is 0 Å². The molecule has 24 heavy (non-hydrogen) atoms. The molecular formula is C14H19F3N2O4S. The van der Waals surface area contributed by atoms with Gasteiger partial charge in [-0.3, -0.25) is 4.90 Å². The summed E-state index contributed by atoms with van der Waals surface area (Å²) in [5.41, 5.74) is -0.723. The zero-order chi connectivity index (χ0) is 18.1. The molecule has 2 rings (SSSR count). The molecule has 2 unspecified atom stereocenters.